The number of hydrogen-bond donors (Lipinski definition) is 2. The monoisotopic (exact) mass is 312 g/mol. The van der Waals surface area contributed by atoms with Crippen molar-refractivity contribution in [3.8, 4) is 0 Å². The molecule has 0 fully saturated rings. The number of amides is 1. The molecular weight excluding hydrogens is 292 g/mol. The van der Waals surface area contributed by atoms with Gasteiger partial charge in [0.05, 0.1) is 5.69 Å². The summed E-state index contributed by atoms with van der Waals surface area (Å²) in [6, 6.07) is 10.9. The fourth-order valence-electron chi connectivity index (χ4n) is 2.09. The van der Waals surface area contributed by atoms with E-state index in [0.29, 0.717) is 11.3 Å². The van der Waals surface area contributed by atoms with Crippen LogP contribution in [0.25, 0.3) is 6.08 Å². The van der Waals surface area contributed by atoms with Crippen molar-refractivity contribution in [2.45, 2.75) is 26.2 Å². The molecular formula is C18H20N2O3. The Labute approximate surface area is 135 Å². The van der Waals surface area contributed by atoms with Crippen LogP contribution in [0.3, 0.4) is 0 Å². The van der Waals surface area contributed by atoms with Crippen molar-refractivity contribution >= 4 is 18.0 Å². The Bertz CT molecular complexity index is 752. The van der Waals surface area contributed by atoms with Gasteiger partial charge in [0.1, 0.15) is 0 Å². The Balaban J connectivity index is 2.21. The lowest BCUT2D eigenvalue weighted by atomic mass is 9.86. The maximum atomic E-state index is 12.4. The highest BCUT2D eigenvalue weighted by Gasteiger charge is 2.16. The first-order chi connectivity index (χ1) is 10.8. The minimum atomic E-state index is -1.04. The van der Waals surface area contributed by atoms with E-state index in [2.05, 4.69) is 26.2 Å². The second-order valence-electron chi connectivity index (χ2n) is 6.25. The first kappa shape index (κ1) is 16.5. The van der Waals surface area contributed by atoms with Gasteiger partial charge in [0, 0.05) is 17.8 Å². The summed E-state index contributed by atoms with van der Waals surface area (Å²) in [7, 11) is 0. The summed E-state index contributed by atoms with van der Waals surface area (Å²) in [6.07, 6.45) is 4.11. The van der Waals surface area contributed by atoms with Gasteiger partial charge in [-0.25, -0.2) is 4.79 Å². The van der Waals surface area contributed by atoms with Gasteiger partial charge in [-0.3, -0.25) is 14.9 Å². The molecule has 1 aromatic heterocycles. The van der Waals surface area contributed by atoms with E-state index in [0.717, 1.165) is 11.6 Å². The van der Waals surface area contributed by atoms with Crippen molar-refractivity contribution in [2.75, 3.05) is 5.43 Å². The summed E-state index contributed by atoms with van der Waals surface area (Å²) in [5, 5.41) is 8.69. The van der Waals surface area contributed by atoms with Gasteiger partial charge in [-0.05, 0) is 41.3 Å². The minimum Gasteiger partial charge on any atom is -0.478 e. The Morgan fingerprint density at radius 3 is 2.57 bits per heavy atom. The molecule has 1 aromatic carbocycles. The first-order valence-electron chi connectivity index (χ1n) is 7.27. The molecule has 1 amide bonds. The molecule has 0 aliphatic heterocycles. The molecule has 23 heavy (non-hydrogen) atoms. The predicted molar refractivity (Wildman–Crippen MR) is 89.9 cm³/mol. The summed E-state index contributed by atoms with van der Waals surface area (Å²) in [4.78, 5) is 23.0. The summed E-state index contributed by atoms with van der Waals surface area (Å²) in [5.41, 5.74) is 4.90. The zero-order valence-corrected chi connectivity index (χ0v) is 13.4. The number of aromatic nitrogens is 1. The van der Waals surface area contributed by atoms with Crippen LogP contribution >= 0.6 is 0 Å². The van der Waals surface area contributed by atoms with Crippen LogP contribution in [-0.2, 0) is 10.2 Å². The smallest absolute Gasteiger partial charge is 0.328 e. The van der Waals surface area contributed by atoms with Gasteiger partial charge in [-0.2, -0.15) is 0 Å². The van der Waals surface area contributed by atoms with E-state index in [4.69, 9.17) is 5.11 Å². The van der Waals surface area contributed by atoms with E-state index in [1.165, 1.54) is 10.8 Å². The fourth-order valence-corrected chi connectivity index (χ4v) is 2.09. The molecule has 5 heteroatoms. The van der Waals surface area contributed by atoms with Gasteiger partial charge in [0.15, 0.2) is 0 Å². The van der Waals surface area contributed by atoms with Crippen molar-refractivity contribution in [1.29, 1.82) is 0 Å². The number of carbonyl (C=O) groups excluding carboxylic acids is 1. The zero-order chi connectivity index (χ0) is 17.0. The highest BCUT2D eigenvalue weighted by atomic mass is 16.4. The van der Waals surface area contributed by atoms with Crippen LogP contribution in [-0.4, -0.2) is 21.7 Å². The maximum absolute atomic E-state index is 12.4. The third kappa shape index (κ3) is 4.32. The van der Waals surface area contributed by atoms with E-state index in [1.807, 2.05) is 18.2 Å². The number of carbonyl (C=O) groups is 2. The molecule has 0 aliphatic rings. The number of carboxylic acids is 1. The molecule has 0 spiro atoms. The average Bonchev–Trinajstić information content (AvgIpc) is 2.91. The van der Waals surface area contributed by atoms with E-state index < -0.39 is 5.97 Å². The Morgan fingerprint density at radius 1 is 1.17 bits per heavy atom. The topological polar surface area (TPSA) is 71.3 Å². The van der Waals surface area contributed by atoms with Gasteiger partial charge < -0.3 is 5.11 Å². The molecule has 0 radical (unpaired) electrons. The standard InChI is InChI=1S/C18H20N2O3/c1-18(2,3)14-7-4-6-13(12-14)17(23)19-20-11-5-8-15(20)9-10-16(21)22/h4-12H,1-3H3,(H,19,23)(H,21,22). The Morgan fingerprint density at radius 2 is 1.91 bits per heavy atom. The van der Waals surface area contributed by atoms with Crippen molar-refractivity contribution < 1.29 is 14.7 Å². The van der Waals surface area contributed by atoms with Crippen LogP contribution in [0.4, 0.5) is 0 Å². The van der Waals surface area contributed by atoms with Crippen LogP contribution in [0.15, 0.2) is 48.7 Å². The molecule has 2 N–H and O–H groups in total. The predicted octanol–water partition coefficient (Wildman–Crippen LogP) is 3.27. The van der Waals surface area contributed by atoms with Crippen molar-refractivity contribution in [2.24, 2.45) is 0 Å². The van der Waals surface area contributed by atoms with E-state index >= 15 is 0 Å². The molecule has 0 unspecified atom stereocenters. The largest absolute Gasteiger partial charge is 0.478 e. The van der Waals surface area contributed by atoms with Crippen LogP contribution in [0.1, 0.15) is 42.4 Å². The molecule has 0 atom stereocenters. The second kappa shape index (κ2) is 6.52. The number of aliphatic carboxylic acids is 1. The number of nitrogens with zero attached hydrogens (tertiary/aromatic N) is 1. The first-order valence-corrected chi connectivity index (χ1v) is 7.27. The lowest BCUT2D eigenvalue weighted by Crippen LogP contribution is -2.23. The quantitative estimate of drug-likeness (QED) is 0.851. The molecule has 0 saturated carbocycles. The lowest BCUT2D eigenvalue weighted by molar-refractivity contribution is -0.131. The third-order valence-corrected chi connectivity index (χ3v) is 3.39. The fraction of sp³-hybridized carbons (Fsp3) is 0.222. The molecule has 120 valence electrons. The third-order valence-electron chi connectivity index (χ3n) is 3.39. The molecule has 0 aliphatic carbocycles. The molecule has 2 rings (SSSR count). The molecule has 1 heterocycles. The normalized spacial score (nSPS) is 11.6. The van der Waals surface area contributed by atoms with Crippen molar-refractivity contribution in [3.05, 3.63) is 65.5 Å². The number of nitrogens with one attached hydrogen (secondary N) is 1. The lowest BCUT2D eigenvalue weighted by Gasteiger charge is -2.19. The van der Waals surface area contributed by atoms with Crippen molar-refractivity contribution in [3.63, 3.8) is 0 Å². The Kier molecular flexibility index (Phi) is 4.69. The zero-order valence-electron chi connectivity index (χ0n) is 13.4. The van der Waals surface area contributed by atoms with E-state index in [1.54, 1.807) is 24.4 Å². The molecule has 0 bridgehead atoms. The number of hydrogen-bond acceptors (Lipinski definition) is 2. The van der Waals surface area contributed by atoms with Gasteiger partial charge >= 0.3 is 5.97 Å². The highest BCUT2D eigenvalue weighted by Crippen LogP contribution is 2.22. The van der Waals surface area contributed by atoms with E-state index in [9.17, 15) is 9.59 Å². The van der Waals surface area contributed by atoms with Crippen LogP contribution < -0.4 is 5.43 Å². The molecule has 5 nitrogen and oxygen atoms in total. The summed E-state index contributed by atoms with van der Waals surface area (Å²) in [6.45, 7) is 6.26. The number of carboxylic acid groups (broad SMARTS) is 1. The summed E-state index contributed by atoms with van der Waals surface area (Å²) >= 11 is 0. The van der Waals surface area contributed by atoms with Crippen LogP contribution in [0, 0.1) is 0 Å². The van der Waals surface area contributed by atoms with E-state index in [-0.39, 0.29) is 11.3 Å². The number of benzene rings is 1. The Hall–Kier alpha value is -2.82. The average molecular weight is 312 g/mol. The summed E-state index contributed by atoms with van der Waals surface area (Å²) in [5.74, 6) is -1.29. The van der Waals surface area contributed by atoms with Crippen LogP contribution in [0.5, 0.6) is 0 Å². The van der Waals surface area contributed by atoms with Gasteiger partial charge in [-0.1, -0.05) is 32.9 Å². The molecule has 2 aromatic rings. The second-order valence-corrected chi connectivity index (χ2v) is 6.25. The number of rotatable bonds is 4. The SMILES string of the molecule is CC(C)(C)c1cccc(C(=O)Nn2cccc2C=CC(=O)O)c1. The van der Waals surface area contributed by atoms with Gasteiger partial charge in [0.25, 0.3) is 5.91 Å². The van der Waals surface area contributed by atoms with Gasteiger partial charge in [0.2, 0.25) is 0 Å². The van der Waals surface area contributed by atoms with Gasteiger partial charge in [-0.15, -0.1) is 0 Å². The minimum absolute atomic E-state index is 0.0425. The maximum Gasteiger partial charge on any atom is 0.328 e. The van der Waals surface area contributed by atoms with Crippen molar-refractivity contribution in [1.82, 2.24) is 4.68 Å². The highest BCUT2D eigenvalue weighted by molar-refractivity contribution is 6.00. The van der Waals surface area contributed by atoms with Crippen LogP contribution in [0.2, 0.25) is 0 Å². The summed E-state index contributed by atoms with van der Waals surface area (Å²) < 4.78 is 1.49. The molecule has 0 saturated heterocycles.